The first-order chi connectivity index (χ1) is 21.9. The molecule has 46 heavy (non-hydrogen) atoms. The summed E-state index contributed by atoms with van der Waals surface area (Å²) in [6.07, 6.45) is 4.91. The summed E-state index contributed by atoms with van der Waals surface area (Å²) in [6.45, 7) is 18.7. The number of hydrogen-bond acceptors (Lipinski definition) is 0. The molecule has 0 heterocycles. The second-order valence-electron chi connectivity index (χ2n) is 16.0. The maximum atomic E-state index is 2.56. The van der Waals surface area contributed by atoms with Gasteiger partial charge in [0.25, 0.3) is 0 Å². The lowest BCUT2D eigenvalue weighted by molar-refractivity contribution is 0.415. The highest BCUT2D eigenvalue weighted by atomic mass is 14.5. The van der Waals surface area contributed by atoms with Crippen molar-refractivity contribution < 1.29 is 0 Å². The monoisotopic (exact) mass is 600 g/mol. The molecule has 5 aromatic carbocycles. The Bertz CT molecular complexity index is 1820. The first-order valence-corrected chi connectivity index (χ1v) is 17.1. The Morgan fingerprint density at radius 3 is 1.46 bits per heavy atom. The predicted octanol–water partition coefficient (Wildman–Crippen LogP) is 12.3. The van der Waals surface area contributed by atoms with Crippen LogP contribution in [0.1, 0.15) is 123 Å². The molecule has 5 aromatic rings. The van der Waals surface area contributed by atoms with E-state index in [1.807, 2.05) is 0 Å². The van der Waals surface area contributed by atoms with E-state index in [9.17, 15) is 0 Å². The minimum atomic E-state index is -0.396. The Morgan fingerprint density at radius 1 is 0.500 bits per heavy atom. The third-order valence-corrected chi connectivity index (χ3v) is 10.8. The van der Waals surface area contributed by atoms with Crippen LogP contribution in [0.5, 0.6) is 0 Å². The summed E-state index contributed by atoms with van der Waals surface area (Å²) < 4.78 is 0. The van der Waals surface area contributed by atoms with E-state index in [-0.39, 0.29) is 22.7 Å². The average molecular weight is 601 g/mol. The number of allylic oxidation sites excluding steroid dienone is 1. The lowest BCUT2D eigenvalue weighted by atomic mass is 9.55. The summed E-state index contributed by atoms with van der Waals surface area (Å²) in [7, 11) is 0. The van der Waals surface area contributed by atoms with E-state index >= 15 is 0 Å². The summed E-state index contributed by atoms with van der Waals surface area (Å²) in [5, 5.41) is 0. The number of hydrogen-bond donors (Lipinski definition) is 0. The van der Waals surface area contributed by atoms with E-state index in [0.29, 0.717) is 5.92 Å². The number of benzene rings is 5. The lowest BCUT2D eigenvalue weighted by Gasteiger charge is -2.46. The van der Waals surface area contributed by atoms with E-state index in [0.717, 1.165) is 0 Å². The van der Waals surface area contributed by atoms with Gasteiger partial charge in [0.1, 0.15) is 0 Å². The fourth-order valence-corrected chi connectivity index (χ4v) is 8.23. The van der Waals surface area contributed by atoms with Gasteiger partial charge in [0.05, 0.1) is 0 Å². The van der Waals surface area contributed by atoms with Gasteiger partial charge in [0, 0.05) is 17.3 Å². The molecule has 0 nitrogen and oxygen atoms in total. The van der Waals surface area contributed by atoms with Crippen LogP contribution in [0, 0.1) is 0 Å². The molecule has 0 N–H and O–H groups in total. The zero-order valence-electron chi connectivity index (χ0n) is 28.9. The van der Waals surface area contributed by atoms with Crippen LogP contribution >= 0.6 is 0 Å². The molecular weight excluding hydrogens is 553 g/mol. The summed E-state index contributed by atoms with van der Waals surface area (Å²) in [5.41, 5.74) is 15.0. The van der Waals surface area contributed by atoms with Crippen molar-refractivity contribution in [3.8, 4) is 11.1 Å². The molecule has 0 aromatic heterocycles. The SMILES string of the molecule is CC(C)c1ccc2c(c1)C(C(c1ccccc1)(c1ccccc1)C1c3cc(C(C)(C)C)ccc3-c3ccc(C(C)(C)C)cc31)C=C2. The molecule has 0 spiro atoms. The Balaban J connectivity index is 1.64. The first-order valence-electron chi connectivity index (χ1n) is 17.1. The highest BCUT2D eigenvalue weighted by molar-refractivity contribution is 5.83. The van der Waals surface area contributed by atoms with Gasteiger partial charge < -0.3 is 0 Å². The Morgan fingerprint density at radius 2 is 1.00 bits per heavy atom. The van der Waals surface area contributed by atoms with Crippen LogP contribution in [0.25, 0.3) is 17.2 Å². The van der Waals surface area contributed by atoms with Crippen molar-refractivity contribution in [3.05, 3.63) is 171 Å². The zero-order chi connectivity index (χ0) is 32.4. The molecule has 0 saturated carbocycles. The zero-order valence-corrected chi connectivity index (χ0v) is 28.9. The Labute approximate surface area is 277 Å². The molecule has 2 aliphatic carbocycles. The van der Waals surface area contributed by atoms with Gasteiger partial charge in [-0.3, -0.25) is 0 Å². The van der Waals surface area contributed by atoms with Crippen molar-refractivity contribution in [2.75, 3.05) is 0 Å². The first kappa shape index (κ1) is 30.5. The standard InChI is InChI=1S/C46H48/c1-30(2)32-20-19-31-21-26-42(39(31)27-32)46(33-15-11-9-12-16-33,34-17-13-10-14-18-34)43-40-28-35(44(3,4)5)22-24-37(40)38-25-23-36(29-41(38)43)45(6,7)8/h9-30,42-43H,1-8H3. The fourth-order valence-electron chi connectivity index (χ4n) is 8.23. The van der Waals surface area contributed by atoms with Crippen LogP contribution in [-0.4, -0.2) is 0 Å². The van der Waals surface area contributed by atoms with E-state index in [2.05, 4.69) is 183 Å². The van der Waals surface area contributed by atoms with Crippen LogP contribution in [0.4, 0.5) is 0 Å². The minimum Gasteiger partial charge on any atom is -0.0751 e. The van der Waals surface area contributed by atoms with Gasteiger partial charge in [-0.1, -0.05) is 183 Å². The molecule has 1 unspecified atom stereocenters. The van der Waals surface area contributed by atoms with E-state index < -0.39 is 5.41 Å². The molecule has 0 heteroatoms. The maximum Gasteiger partial charge on any atom is 0.0415 e. The molecule has 0 fully saturated rings. The van der Waals surface area contributed by atoms with Gasteiger partial charge in [-0.2, -0.15) is 0 Å². The Kier molecular flexibility index (Phi) is 7.28. The van der Waals surface area contributed by atoms with Gasteiger partial charge >= 0.3 is 0 Å². The summed E-state index contributed by atoms with van der Waals surface area (Å²) in [4.78, 5) is 0. The van der Waals surface area contributed by atoms with Gasteiger partial charge in [-0.15, -0.1) is 0 Å². The van der Waals surface area contributed by atoms with Crippen molar-refractivity contribution in [2.24, 2.45) is 0 Å². The molecule has 0 radical (unpaired) electrons. The van der Waals surface area contributed by atoms with Crippen LogP contribution < -0.4 is 0 Å². The van der Waals surface area contributed by atoms with Gasteiger partial charge in [0.15, 0.2) is 0 Å². The second kappa shape index (κ2) is 11.0. The van der Waals surface area contributed by atoms with Crippen molar-refractivity contribution in [1.82, 2.24) is 0 Å². The molecule has 2 aliphatic rings. The van der Waals surface area contributed by atoms with Crippen LogP contribution in [0.3, 0.4) is 0 Å². The van der Waals surface area contributed by atoms with Gasteiger partial charge in [-0.05, 0) is 77.9 Å². The molecule has 1 atom stereocenters. The van der Waals surface area contributed by atoms with Crippen LogP contribution in [0.15, 0.2) is 121 Å². The highest BCUT2D eigenvalue weighted by Crippen LogP contribution is 2.63. The van der Waals surface area contributed by atoms with Gasteiger partial charge in [0.2, 0.25) is 0 Å². The van der Waals surface area contributed by atoms with Crippen molar-refractivity contribution >= 4 is 6.08 Å². The van der Waals surface area contributed by atoms with Crippen molar-refractivity contribution in [1.29, 1.82) is 0 Å². The summed E-state index contributed by atoms with van der Waals surface area (Å²) in [6, 6.07) is 44.8. The summed E-state index contributed by atoms with van der Waals surface area (Å²) >= 11 is 0. The van der Waals surface area contributed by atoms with Crippen LogP contribution in [-0.2, 0) is 16.2 Å². The number of rotatable bonds is 5. The largest absolute Gasteiger partial charge is 0.0751 e. The molecule has 0 bridgehead atoms. The second-order valence-corrected chi connectivity index (χ2v) is 16.0. The maximum absolute atomic E-state index is 2.56. The molecule has 7 rings (SSSR count). The van der Waals surface area contributed by atoms with E-state index in [4.69, 9.17) is 0 Å². The molecule has 232 valence electrons. The highest BCUT2D eigenvalue weighted by Gasteiger charge is 2.53. The molecule has 0 aliphatic heterocycles. The molecule has 0 amide bonds. The third kappa shape index (κ3) is 4.80. The topological polar surface area (TPSA) is 0 Å². The van der Waals surface area contributed by atoms with E-state index in [1.165, 1.54) is 61.2 Å². The minimum absolute atomic E-state index is 0.0408. The Hall–Kier alpha value is -4.16. The molecular formula is C46H48. The molecule has 0 saturated heterocycles. The quantitative estimate of drug-likeness (QED) is 0.188. The summed E-state index contributed by atoms with van der Waals surface area (Å²) in [5.74, 6) is 0.715. The normalized spacial score (nSPS) is 16.1. The van der Waals surface area contributed by atoms with Gasteiger partial charge in [-0.25, -0.2) is 0 Å². The number of fused-ring (bicyclic) bond motifs is 4. The smallest absolute Gasteiger partial charge is 0.0415 e. The lowest BCUT2D eigenvalue weighted by Crippen LogP contribution is -2.40. The fraction of sp³-hybridized carbons (Fsp3) is 0.304. The van der Waals surface area contributed by atoms with Crippen LogP contribution in [0.2, 0.25) is 0 Å². The average Bonchev–Trinajstić information content (AvgIpc) is 3.61. The predicted molar refractivity (Wildman–Crippen MR) is 197 cm³/mol. The van der Waals surface area contributed by atoms with Crippen molar-refractivity contribution in [3.63, 3.8) is 0 Å². The van der Waals surface area contributed by atoms with E-state index in [1.54, 1.807) is 0 Å². The van der Waals surface area contributed by atoms with Crippen molar-refractivity contribution in [2.45, 2.75) is 89.4 Å². The third-order valence-electron chi connectivity index (χ3n) is 10.8.